The number of rotatable bonds is 34. The van der Waals surface area contributed by atoms with Crippen LogP contribution in [0.3, 0.4) is 0 Å². The summed E-state index contributed by atoms with van der Waals surface area (Å²) in [5, 5.41) is -2.12. The molecular formula is C44H70O9S. The molecule has 0 aliphatic carbocycles. The van der Waals surface area contributed by atoms with Gasteiger partial charge in [-0.25, -0.2) is 0 Å². The Morgan fingerprint density at radius 2 is 0.889 bits per heavy atom. The van der Waals surface area contributed by atoms with Gasteiger partial charge in [-0.2, -0.15) is 8.42 Å². The van der Waals surface area contributed by atoms with Crippen molar-refractivity contribution in [2.24, 2.45) is 0 Å². The summed E-state index contributed by atoms with van der Waals surface area (Å²) in [7, 11) is -4.97. The number of carbonyl (C=O) groups excluding carboxylic acids is 2. The Hall–Kier alpha value is -3.11. The Balaban J connectivity index is 1.87. The van der Waals surface area contributed by atoms with Gasteiger partial charge in [0.1, 0.15) is 36.9 Å². The zero-order valence-electron chi connectivity index (χ0n) is 33.3. The number of ether oxygens (including phenoxy) is 4. The Labute approximate surface area is 327 Å². The van der Waals surface area contributed by atoms with Crippen molar-refractivity contribution in [3.05, 3.63) is 60.7 Å². The largest absolute Gasteiger partial charge is 0.487 e. The average molecular weight is 775 g/mol. The molecule has 2 aromatic carbocycles. The van der Waals surface area contributed by atoms with Gasteiger partial charge in [0, 0.05) is 0 Å². The van der Waals surface area contributed by atoms with E-state index in [2.05, 4.69) is 13.8 Å². The van der Waals surface area contributed by atoms with Crippen LogP contribution >= 0.6 is 0 Å². The first kappa shape index (κ1) is 47.0. The summed E-state index contributed by atoms with van der Waals surface area (Å²) in [6.07, 6.45) is 23.0. The molecule has 0 aliphatic rings. The lowest BCUT2D eigenvalue weighted by Crippen LogP contribution is -2.37. The topological polar surface area (TPSA) is 125 Å². The molecule has 0 saturated heterocycles. The summed E-state index contributed by atoms with van der Waals surface area (Å²) in [6, 6.07) is 18.4. The Kier molecular flexibility index (Phi) is 26.3. The molecule has 0 heterocycles. The minimum Gasteiger partial charge on any atom is -0.487 e. The van der Waals surface area contributed by atoms with Crippen LogP contribution in [0.4, 0.5) is 0 Å². The predicted octanol–water partition coefficient (Wildman–Crippen LogP) is 11.2. The van der Waals surface area contributed by atoms with Gasteiger partial charge in [-0.1, -0.05) is 166 Å². The quantitative estimate of drug-likeness (QED) is 0.0420. The highest BCUT2D eigenvalue weighted by atomic mass is 32.2. The summed E-state index contributed by atoms with van der Waals surface area (Å²) in [6.45, 7) is 4.10. The van der Waals surface area contributed by atoms with Gasteiger partial charge in [0.05, 0.1) is 6.42 Å². The fraction of sp³-hybridized carbons (Fsp3) is 0.682. The molecule has 0 bridgehead atoms. The molecule has 1 N–H and O–H groups in total. The van der Waals surface area contributed by atoms with E-state index in [0.717, 1.165) is 38.5 Å². The lowest BCUT2D eigenvalue weighted by atomic mass is 10.0. The molecule has 9 nitrogen and oxygen atoms in total. The summed E-state index contributed by atoms with van der Waals surface area (Å²) in [5.74, 6) is -0.927. The number of benzene rings is 2. The Bertz CT molecular complexity index is 1320. The van der Waals surface area contributed by atoms with Crippen molar-refractivity contribution >= 4 is 22.1 Å². The van der Waals surface area contributed by atoms with Gasteiger partial charge in [0.2, 0.25) is 0 Å². The molecule has 0 amide bonds. The SMILES string of the molecule is CCCCCCCCCCCCC(COC(=O)CC(C(=O)OCC(CCCCCCCCCCCC)Oc1ccccc1)S(=O)(=O)O)Oc1ccccc1. The zero-order chi connectivity index (χ0) is 39.1. The van der Waals surface area contributed by atoms with Crippen LogP contribution in [-0.4, -0.2) is 55.6 Å². The van der Waals surface area contributed by atoms with Gasteiger partial charge >= 0.3 is 11.9 Å². The maximum Gasteiger partial charge on any atom is 0.327 e. The molecule has 306 valence electrons. The molecule has 0 saturated carbocycles. The van der Waals surface area contributed by atoms with Crippen LogP contribution in [0.1, 0.15) is 162 Å². The van der Waals surface area contributed by atoms with Crippen LogP contribution in [0.25, 0.3) is 0 Å². The van der Waals surface area contributed by atoms with E-state index in [0.29, 0.717) is 24.3 Å². The number of esters is 2. The van der Waals surface area contributed by atoms with Gasteiger partial charge in [0.25, 0.3) is 10.1 Å². The van der Waals surface area contributed by atoms with Crippen LogP contribution in [0.2, 0.25) is 0 Å². The third-order valence-electron chi connectivity index (χ3n) is 9.67. The van der Waals surface area contributed by atoms with Crippen LogP contribution in [-0.2, 0) is 29.2 Å². The van der Waals surface area contributed by atoms with Gasteiger partial charge in [-0.15, -0.1) is 0 Å². The highest BCUT2D eigenvalue weighted by Crippen LogP contribution is 2.20. The van der Waals surface area contributed by atoms with E-state index in [9.17, 15) is 22.6 Å². The monoisotopic (exact) mass is 774 g/mol. The zero-order valence-corrected chi connectivity index (χ0v) is 34.1. The van der Waals surface area contributed by atoms with Gasteiger partial charge < -0.3 is 18.9 Å². The minimum atomic E-state index is -4.97. The molecule has 3 atom stereocenters. The number of hydrogen-bond donors (Lipinski definition) is 1. The summed E-state index contributed by atoms with van der Waals surface area (Å²) in [5.41, 5.74) is 0. The first-order chi connectivity index (χ1) is 26.2. The second-order valence-corrected chi connectivity index (χ2v) is 16.2. The fourth-order valence-electron chi connectivity index (χ4n) is 6.43. The van der Waals surface area contributed by atoms with Gasteiger partial charge in [-0.3, -0.25) is 14.1 Å². The summed E-state index contributed by atoms with van der Waals surface area (Å²) < 4.78 is 57.6. The van der Waals surface area contributed by atoms with Gasteiger partial charge in [-0.05, 0) is 49.9 Å². The van der Waals surface area contributed by atoms with E-state index in [-0.39, 0.29) is 13.2 Å². The van der Waals surface area contributed by atoms with Crippen molar-refractivity contribution < 1.29 is 41.5 Å². The smallest absolute Gasteiger partial charge is 0.327 e. The number of hydrogen-bond acceptors (Lipinski definition) is 8. The maximum atomic E-state index is 13.1. The summed E-state index contributed by atoms with van der Waals surface area (Å²) >= 11 is 0. The third-order valence-corrected chi connectivity index (χ3v) is 10.7. The normalized spacial score (nSPS) is 13.2. The molecular weight excluding hydrogens is 705 g/mol. The molecule has 0 aliphatic heterocycles. The molecule has 0 fully saturated rings. The van der Waals surface area contributed by atoms with E-state index in [4.69, 9.17) is 18.9 Å². The molecule has 54 heavy (non-hydrogen) atoms. The molecule has 2 rings (SSSR count). The van der Waals surface area contributed by atoms with Crippen molar-refractivity contribution in [1.29, 1.82) is 0 Å². The number of carbonyl (C=O) groups is 2. The third kappa shape index (κ3) is 23.6. The fourth-order valence-corrected chi connectivity index (χ4v) is 7.09. The van der Waals surface area contributed by atoms with Crippen molar-refractivity contribution in [3.8, 4) is 11.5 Å². The Morgan fingerprint density at radius 1 is 0.537 bits per heavy atom. The van der Waals surface area contributed by atoms with Crippen molar-refractivity contribution in [3.63, 3.8) is 0 Å². The molecule has 0 aromatic heterocycles. The first-order valence-electron chi connectivity index (χ1n) is 20.9. The number of unbranched alkanes of at least 4 members (excludes halogenated alkanes) is 18. The van der Waals surface area contributed by atoms with E-state index < -0.39 is 45.9 Å². The van der Waals surface area contributed by atoms with Crippen molar-refractivity contribution in [2.45, 2.75) is 179 Å². The standard InChI is InChI=1S/C44H70O9S/c1-3-5-7-9-11-13-15-17-19-23-33-40(52-38-29-25-21-26-30-38)36-50-43(45)35-42(54(47,48)49)44(46)51-37-41(53-39-31-27-22-28-32-39)34-24-20-18-16-14-12-10-8-6-4-2/h21-22,25-32,40-42H,3-20,23-24,33-37H2,1-2H3,(H,47,48,49). The van der Waals surface area contributed by atoms with Crippen LogP contribution in [0.5, 0.6) is 11.5 Å². The van der Waals surface area contributed by atoms with Gasteiger partial charge in [0.15, 0.2) is 5.25 Å². The van der Waals surface area contributed by atoms with E-state index in [1.807, 2.05) is 48.5 Å². The molecule has 2 aromatic rings. The molecule has 3 unspecified atom stereocenters. The second-order valence-electron chi connectivity index (χ2n) is 14.6. The van der Waals surface area contributed by atoms with Crippen LogP contribution in [0.15, 0.2) is 60.7 Å². The van der Waals surface area contributed by atoms with Crippen LogP contribution in [0, 0.1) is 0 Å². The lowest BCUT2D eigenvalue weighted by molar-refractivity contribution is -0.152. The first-order valence-corrected chi connectivity index (χ1v) is 22.4. The highest BCUT2D eigenvalue weighted by molar-refractivity contribution is 7.87. The molecule has 0 radical (unpaired) electrons. The van der Waals surface area contributed by atoms with E-state index in [1.54, 1.807) is 12.1 Å². The number of para-hydroxylation sites is 2. The highest BCUT2D eigenvalue weighted by Gasteiger charge is 2.36. The van der Waals surface area contributed by atoms with E-state index in [1.165, 1.54) is 89.9 Å². The van der Waals surface area contributed by atoms with E-state index >= 15 is 0 Å². The van der Waals surface area contributed by atoms with Crippen molar-refractivity contribution in [1.82, 2.24) is 0 Å². The Morgan fingerprint density at radius 3 is 1.26 bits per heavy atom. The average Bonchev–Trinajstić information content (AvgIpc) is 3.16. The maximum absolute atomic E-state index is 13.1. The molecule has 0 spiro atoms. The van der Waals surface area contributed by atoms with Crippen molar-refractivity contribution in [2.75, 3.05) is 13.2 Å². The second kappa shape index (κ2) is 30.2. The predicted molar refractivity (Wildman–Crippen MR) is 217 cm³/mol. The lowest BCUT2D eigenvalue weighted by Gasteiger charge is -2.21. The van der Waals surface area contributed by atoms with Crippen LogP contribution < -0.4 is 9.47 Å². The summed E-state index contributed by atoms with van der Waals surface area (Å²) in [4.78, 5) is 26.0. The minimum absolute atomic E-state index is 0.121. The molecule has 10 heteroatoms.